The lowest BCUT2D eigenvalue weighted by atomic mass is 10.0. The molecule has 0 aliphatic heterocycles. The van der Waals surface area contributed by atoms with Crippen LogP contribution < -0.4 is 5.73 Å². The Kier molecular flexibility index (Phi) is 2.34. The van der Waals surface area contributed by atoms with Crippen LogP contribution in [0.15, 0.2) is 24.3 Å². The van der Waals surface area contributed by atoms with Gasteiger partial charge >= 0.3 is 0 Å². The lowest BCUT2D eigenvalue weighted by Crippen LogP contribution is -2.02. The van der Waals surface area contributed by atoms with Gasteiger partial charge in [0.15, 0.2) is 0 Å². The summed E-state index contributed by atoms with van der Waals surface area (Å²) in [5.74, 6) is 0.494. The average Bonchev–Trinajstić information content (AvgIpc) is 3.00. The third-order valence-corrected chi connectivity index (χ3v) is 2.60. The zero-order chi connectivity index (χ0) is 9.26. The number of hydrogen-bond acceptors (Lipinski definition) is 2. The first kappa shape index (κ1) is 8.73. The molecule has 1 unspecified atom stereocenters. The summed E-state index contributed by atoms with van der Waals surface area (Å²) in [6, 6.07) is 7.93. The molecule has 0 spiro atoms. The minimum atomic E-state index is -0.272. The Balaban J connectivity index is 2.18. The summed E-state index contributed by atoms with van der Waals surface area (Å²) < 4.78 is 0. The highest BCUT2D eigenvalue weighted by atomic mass is 16.3. The van der Waals surface area contributed by atoms with E-state index < -0.39 is 0 Å². The van der Waals surface area contributed by atoms with Crippen molar-refractivity contribution >= 4 is 0 Å². The van der Waals surface area contributed by atoms with Gasteiger partial charge in [-0.05, 0) is 29.9 Å². The molecule has 2 rings (SSSR count). The standard InChI is InChI=1S/C11H15NO/c12-7-8-2-1-3-10(6-8)11(13)9-4-5-9/h1-3,6,9,11,13H,4-5,7,12H2. The van der Waals surface area contributed by atoms with Crippen LogP contribution in [-0.4, -0.2) is 5.11 Å². The number of nitrogens with two attached hydrogens (primary N) is 1. The maximum atomic E-state index is 9.84. The highest BCUT2D eigenvalue weighted by molar-refractivity contribution is 5.26. The van der Waals surface area contributed by atoms with Crippen LogP contribution in [0, 0.1) is 5.92 Å². The van der Waals surface area contributed by atoms with E-state index in [0.29, 0.717) is 12.5 Å². The van der Waals surface area contributed by atoms with Crippen LogP contribution in [-0.2, 0) is 6.54 Å². The van der Waals surface area contributed by atoms with Crippen LogP contribution in [0.25, 0.3) is 0 Å². The van der Waals surface area contributed by atoms with Crippen LogP contribution in [0.1, 0.15) is 30.1 Å². The van der Waals surface area contributed by atoms with Gasteiger partial charge in [-0.25, -0.2) is 0 Å². The van der Waals surface area contributed by atoms with Crippen molar-refractivity contribution in [1.29, 1.82) is 0 Å². The summed E-state index contributed by atoms with van der Waals surface area (Å²) in [6.07, 6.45) is 2.05. The normalized spacial score (nSPS) is 18.6. The fourth-order valence-corrected chi connectivity index (χ4v) is 1.59. The molecule has 1 aromatic rings. The van der Waals surface area contributed by atoms with Crippen molar-refractivity contribution in [3.8, 4) is 0 Å². The average molecular weight is 177 g/mol. The monoisotopic (exact) mass is 177 g/mol. The van der Waals surface area contributed by atoms with Crippen molar-refractivity contribution in [3.05, 3.63) is 35.4 Å². The van der Waals surface area contributed by atoms with Crippen molar-refractivity contribution in [2.24, 2.45) is 11.7 Å². The summed E-state index contributed by atoms with van der Waals surface area (Å²) in [6.45, 7) is 0.547. The molecule has 0 heterocycles. The molecule has 2 nitrogen and oxygen atoms in total. The second-order valence-corrected chi connectivity index (χ2v) is 3.73. The molecule has 0 bridgehead atoms. The van der Waals surface area contributed by atoms with E-state index in [1.165, 1.54) is 0 Å². The molecule has 1 saturated carbocycles. The smallest absolute Gasteiger partial charge is 0.0818 e. The molecule has 0 radical (unpaired) electrons. The molecule has 70 valence electrons. The molecule has 3 N–H and O–H groups in total. The summed E-state index contributed by atoms with van der Waals surface area (Å²) in [5, 5.41) is 9.84. The number of rotatable bonds is 3. The van der Waals surface area contributed by atoms with E-state index in [2.05, 4.69) is 0 Å². The Hall–Kier alpha value is -0.860. The molecule has 0 aromatic heterocycles. The lowest BCUT2D eigenvalue weighted by Gasteiger charge is -2.10. The van der Waals surface area contributed by atoms with Gasteiger partial charge in [-0.3, -0.25) is 0 Å². The van der Waals surface area contributed by atoms with Crippen LogP contribution in [0.3, 0.4) is 0 Å². The number of hydrogen-bond donors (Lipinski definition) is 2. The Morgan fingerprint density at radius 2 is 2.23 bits per heavy atom. The molecule has 0 saturated heterocycles. The molecule has 2 heteroatoms. The van der Waals surface area contributed by atoms with Gasteiger partial charge in [-0.1, -0.05) is 24.3 Å². The maximum Gasteiger partial charge on any atom is 0.0818 e. The predicted octanol–water partition coefficient (Wildman–Crippen LogP) is 1.59. The SMILES string of the molecule is NCc1cccc(C(O)C2CC2)c1. The molecule has 13 heavy (non-hydrogen) atoms. The van der Waals surface area contributed by atoms with Crippen LogP contribution in [0.4, 0.5) is 0 Å². The van der Waals surface area contributed by atoms with E-state index in [-0.39, 0.29) is 6.10 Å². The largest absolute Gasteiger partial charge is 0.388 e. The summed E-state index contributed by atoms with van der Waals surface area (Å²) in [5.41, 5.74) is 7.64. The summed E-state index contributed by atoms with van der Waals surface area (Å²) in [4.78, 5) is 0. The molecular formula is C11H15NO. The van der Waals surface area contributed by atoms with E-state index in [9.17, 15) is 5.11 Å². The fourth-order valence-electron chi connectivity index (χ4n) is 1.59. The molecule has 0 amide bonds. The Bertz CT molecular complexity index is 294. The number of aliphatic hydroxyl groups excluding tert-OH is 1. The van der Waals surface area contributed by atoms with Crippen molar-refractivity contribution in [2.45, 2.75) is 25.5 Å². The van der Waals surface area contributed by atoms with Gasteiger partial charge in [-0.2, -0.15) is 0 Å². The van der Waals surface area contributed by atoms with Gasteiger partial charge in [0.2, 0.25) is 0 Å². The van der Waals surface area contributed by atoms with E-state index in [1.807, 2.05) is 24.3 Å². The molecular weight excluding hydrogens is 162 g/mol. The first-order valence-corrected chi connectivity index (χ1v) is 4.78. The third-order valence-electron chi connectivity index (χ3n) is 2.60. The molecule has 1 fully saturated rings. The van der Waals surface area contributed by atoms with Crippen LogP contribution in [0.5, 0.6) is 0 Å². The van der Waals surface area contributed by atoms with Gasteiger partial charge in [-0.15, -0.1) is 0 Å². The number of benzene rings is 1. The maximum absolute atomic E-state index is 9.84. The third kappa shape index (κ3) is 1.90. The van der Waals surface area contributed by atoms with E-state index in [0.717, 1.165) is 24.0 Å². The Labute approximate surface area is 78.4 Å². The first-order chi connectivity index (χ1) is 6.31. The van der Waals surface area contributed by atoms with Crippen molar-refractivity contribution in [3.63, 3.8) is 0 Å². The van der Waals surface area contributed by atoms with Crippen LogP contribution in [0.2, 0.25) is 0 Å². The van der Waals surface area contributed by atoms with Gasteiger partial charge in [0.25, 0.3) is 0 Å². The fraction of sp³-hybridized carbons (Fsp3) is 0.455. The summed E-state index contributed by atoms with van der Waals surface area (Å²) in [7, 11) is 0. The van der Waals surface area contributed by atoms with Crippen molar-refractivity contribution in [2.75, 3.05) is 0 Å². The van der Waals surface area contributed by atoms with E-state index >= 15 is 0 Å². The number of aliphatic hydroxyl groups is 1. The highest BCUT2D eigenvalue weighted by Gasteiger charge is 2.30. The lowest BCUT2D eigenvalue weighted by molar-refractivity contribution is 0.154. The second-order valence-electron chi connectivity index (χ2n) is 3.73. The zero-order valence-electron chi connectivity index (χ0n) is 7.61. The highest BCUT2D eigenvalue weighted by Crippen LogP contribution is 2.40. The predicted molar refractivity (Wildman–Crippen MR) is 52.0 cm³/mol. The minimum Gasteiger partial charge on any atom is -0.388 e. The Morgan fingerprint density at radius 1 is 1.46 bits per heavy atom. The summed E-state index contributed by atoms with van der Waals surface area (Å²) >= 11 is 0. The molecule has 1 aliphatic rings. The van der Waals surface area contributed by atoms with Crippen LogP contribution >= 0.6 is 0 Å². The van der Waals surface area contributed by atoms with Gasteiger partial charge in [0, 0.05) is 6.54 Å². The molecule has 1 atom stereocenters. The Morgan fingerprint density at radius 3 is 2.85 bits per heavy atom. The van der Waals surface area contributed by atoms with Gasteiger partial charge in [0.1, 0.15) is 0 Å². The zero-order valence-corrected chi connectivity index (χ0v) is 7.61. The van der Waals surface area contributed by atoms with E-state index in [4.69, 9.17) is 5.73 Å². The van der Waals surface area contributed by atoms with Gasteiger partial charge < -0.3 is 10.8 Å². The first-order valence-electron chi connectivity index (χ1n) is 4.78. The quantitative estimate of drug-likeness (QED) is 0.736. The molecule has 1 aliphatic carbocycles. The minimum absolute atomic E-state index is 0.272. The van der Waals surface area contributed by atoms with E-state index in [1.54, 1.807) is 0 Å². The second kappa shape index (κ2) is 3.48. The van der Waals surface area contributed by atoms with Crippen molar-refractivity contribution in [1.82, 2.24) is 0 Å². The topological polar surface area (TPSA) is 46.2 Å². The molecule has 1 aromatic carbocycles. The van der Waals surface area contributed by atoms with Gasteiger partial charge in [0.05, 0.1) is 6.10 Å². The van der Waals surface area contributed by atoms with Crippen molar-refractivity contribution < 1.29 is 5.11 Å².